The van der Waals surface area contributed by atoms with Crippen molar-refractivity contribution in [1.29, 1.82) is 0 Å². The van der Waals surface area contributed by atoms with Crippen LogP contribution in [0.1, 0.15) is 36.0 Å². The van der Waals surface area contributed by atoms with Crippen molar-refractivity contribution in [3.63, 3.8) is 0 Å². The Morgan fingerprint density at radius 1 is 0.909 bits per heavy atom. The number of hydrogen-bond donors (Lipinski definition) is 3. The van der Waals surface area contributed by atoms with Crippen LogP contribution >= 0.6 is 0 Å². The van der Waals surface area contributed by atoms with Crippen molar-refractivity contribution in [2.24, 2.45) is 0 Å². The number of nitrogens with one attached hydrogen (secondary N) is 3. The average molecular weight is 457 g/mol. The van der Waals surface area contributed by atoms with Gasteiger partial charge in [-0.1, -0.05) is 37.1 Å². The normalized spacial score (nSPS) is 13.1. The number of ether oxygens (including phenoxy) is 2. The summed E-state index contributed by atoms with van der Waals surface area (Å²) in [7, 11) is 0. The van der Waals surface area contributed by atoms with Gasteiger partial charge in [0.25, 0.3) is 11.8 Å². The first kappa shape index (κ1) is 23.7. The van der Waals surface area contributed by atoms with Crippen LogP contribution in [0.2, 0.25) is 0 Å². The van der Waals surface area contributed by atoms with Gasteiger partial charge in [-0.05, 0) is 37.1 Å². The number of esters is 1. The fourth-order valence-electron chi connectivity index (χ4n) is 3.32. The Balaban J connectivity index is 1.47. The summed E-state index contributed by atoms with van der Waals surface area (Å²) in [5.74, 6) is -2.82. The molecule has 0 spiro atoms. The molecule has 1 saturated carbocycles. The molecule has 0 aliphatic heterocycles. The summed E-state index contributed by atoms with van der Waals surface area (Å²) in [4.78, 5) is 48.1. The lowest BCUT2D eigenvalue weighted by atomic mass is 10.2. The minimum atomic E-state index is -0.869. The molecule has 0 unspecified atom stereocenters. The van der Waals surface area contributed by atoms with E-state index in [0.717, 1.165) is 25.7 Å². The van der Waals surface area contributed by atoms with Crippen molar-refractivity contribution in [3.05, 3.63) is 59.9 Å². The second-order valence-electron chi connectivity index (χ2n) is 7.39. The maximum Gasteiger partial charge on any atom is 0.342 e. The second-order valence-corrected chi connectivity index (χ2v) is 7.39. The highest BCUT2D eigenvalue weighted by molar-refractivity contribution is 5.98. The lowest BCUT2D eigenvalue weighted by Crippen LogP contribution is -2.45. The zero-order valence-corrected chi connectivity index (χ0v) is 17.8. The van der Waals surface area contributed by atoms with E-state index in [2.05, 4.69) is 16.0 Å². The summed E-state index contributed by atoms with van der Waals surface area (Å²) in [6.07, 6.45) is 3.79. The van der Waals surface area contributed by atoms with Crippen LogP contribution in [0, 0.1) is 5.82 Å². The first-order valence-electron chi connectivity index (χ1n) is 10.5. The van der Waals surface area contributed by atoms with E-state index in [0.29, 0.717) is 0 Å². The largest absolute Gasteiger partial charge is 0.483 e. The standard InChI is InChI=1S/C23H24FN3O6/c24-17-10-4-5-11-18(17)26-20(28)13-32-19-12-6-3-9-16(19)22(30)33-14-21(29)27-23(31)25-15-7-1-2-8-15/h3-6,9-12,15H,1-2,7-8,13-14H2,(H,26,28)(H2,25,27,29,31). The number of benzene rings is 2. The lowest BCUT2D eigenvalue weighted by Gasteiger charge is -2.13. The molecule has 10 heteroatoms. The van der Waals surface area contributed by atoms with Gasteiger partial charge in [0.1, 0.15) is 17.1 Å². The van der Waals surface area contributed by atoms with E-state index in [-0.39, 0.29) is 23.0 Å². The highest BCUT2D eigenvalue weighted by Gasteiger charge is 2.20. The van der Waals surface area contributed by atoms with Crippen LogP contribution < -0.4 is 20.7 Å². The highest BCUT2D eigenvalue weighted by Crippen LogP contribution is 2.20. The lowest BCUT2D eigenvalue weighted by molar-refractivity contribution is -0.123. The molecule has 0 saturated heterocycles. The van der Waals surface area contributed by atoms with Crippen LogP contribution in [0.15, 0.2) is 48.5 Å². The fourth-order valence-corrected chi connectivity index (χ4v) is 3.32. The van der Waals surface area contributed by atoms with Crippen molar-refractivity contribution in [1.82, 2.24) is 10.6 Å². The molecule has 1 fully saturated rings. The Bertz CT molecular complexity index is 1020. The molecule has 2 aromatic carbocycles. The zero-order chi connectivity index (χ0) is 23.6. The summed E-state index contributed by atoms with van der Waals surface area (Å²) < 4.78 is 24.0. The number of para-hydroxylation sites is 2. The number of carbonyl (C=O) groups excluding carboxylic acids is 4. The number of rotatable bonds is 8. The van der Waals surface area contributed by atoms with Gasteiger partial charge in [0.05, 0.1) is 5.69 Å². The molecule has 2 aromatic rings. The highest BCUT2D eigenvalue weighted by atomic mass is 19.1. The number of carbonyl (C=O) groups is 4. The molecule has 0 aromatic heterocycles. The van der Waals surface area contributed by atoms with Gasteiger partial charge in [-0.15, -0.1) is 0 Å². The van der Waals surface area contributed by atoms with Crippen LogP contribution in [0.3, 0.4) is 0 Å². The molecule has 0 bridgehead atoms. The molecule has 1 aliphatic rings. The smallest absolute Gasteiger partial charge is 0.342 e. The molecule has 9 nitrogen and oxygen atoms in total. The third kappa shape index (κ3) is 7.30. The molecule has 3 rings (SSSR count). The molecular weight excluding hydrogens is 433 g/mol. The molecule has 33 heavy (non-hydrogen) atoms. The molecule has 0 radical (unpaired) electrons. The molecule has 0 heterocycles. The monoisotopic (exact) mass is 457 g/mol. The summed E-state index contributed by atoms with van der Waals surface area (Å²) in [6.45, 7) is -1.15. The van der Waals surface area contributed by atoms with Gasteiger partial charge in [-0.25, -0.2) is 14.0 Å². The van der Waals surface area contributed by atoms with E-state index in [1.807, 2.05) is 0 Å². The van der Waals surface area contributed by atoms with Crippen molar-refractivity contribution in [2.45, 2.75) is 31.7 Å². The predicted octanol–water partition coefficient (Wildman–Crippen LogP) is 2.77. The molecule has 3 N–H and O–H groups in total. The van der Waals surface area contributed by atoms with Gasteiger partial charge in [-0.2, -0.15) is 0 Å². The number of amides is 4. The Morgan fingerprint density at radius 3 is 2.36 bits per heavy atom. The zero-order valence-electron chi connectivity index (χ0n) is 17.8. The van der Waals surface area contributed by atoms with E-state index in [1.54, 1.807) is 18.2 Å². The Kier molecular flexibility index (Phi) is 8.34. The molecule has 4 amide bonds. The number of imide groups is 1. The number of hydrogen-bond acceptors (Lipinski definition) is 6. The number of anilines is 1. The summed E-state index contributed by atoms with van der Waals surface area (Å²) in [6, 6.07) is 11.1. The maximum absolute atomic E-state index is 13.6. The Morgan fingerprint density at radius 2 is 1.61 bits per heavy atom. The van der Waals surface area contributed by atoms with Crippen LogP contribution in [-0.2, 0) is 14.3 Å². The van der Waals surface area contributed by atoms with Crippen LogP contribution in [-0.4, -0.2) is 43.1 Å². The first-order valence-corrected chi connectivity index (χ1v) is 10.5. The van der Waals surface area contributed by atoms with Gasteiger partial charge in [0.15, 0.2) is 13.2 Å². The van der Waals surface area contributed by atoms with Crippen molar-refractivity contribution < 1.29 is 33.0 Å². The van der Waals surface area contributed by atoms with E-state index < -0.39 is 42.8 Å². The van der Waals surface area contributed by atoms with E-state index in [4.69, 9.17) is 9.47 Å². The van der Waals surface area contributed by atoms with E-state index >= 15 is 0 Å². The van der Waals surface area contributed by atoms with E-state index in [1.165, 1.54) is 30.3 Å². The average Bonchev–Trinajstić information content (AvgIpc) is 3.30. The van der Waals surface area contributed by atoms with Gasteiger partial charge >= 0.3 is 12.0 Å². The Hall–Kier alpha value is -3.95. The first-order chi connectivity index (χ1) is 15.9. The van der Waals surface area contributed by atoms with Crippen molar-refractivity contribution in [2.75, 3.05) is 18.5 Å². The minimum Gasteiger partial charge on any atom is -0.483 e. The third-order valence-electron chi connectivity index (χ3n) is 4.89. The summed E-state index contributed by atoms with van der Waals surface area (Å²) in [5.41, 5.74) is -0.0128. The van der Waals surface area contributed by atoms with Crippen molar-refractivity contribution in [3.8, 4) is 5.75 Å². The predicted molar refractivity (Wildman–Crippen MR) is 116 cm³/mol. The second kappa shape index (κ2) is 11.6. The number of urea groups is 1. The van der Waals surface area contributed by atoms with Crippen LogP contribution in [0.25, 0.3) is 0 Å². The van der Waals surface area contributed by atoms with Gasteiger partial charge < -0.3 is 20.1 Å². The minimum absolute atomic E-state index is 0.00164. The van der Waals surface area contributed by atoms with E-state index in [9.17, 15) is 23.6 Å². The Labute approximate surface area is 189 Å². The van der Waals surface area contributed by atoms with Crippen molar-refractivity contribution >= 4 is 29.5 Å². The van der Waals surface area contributed by atoms with Gasteiger partial charge in [0, 0.05) is 6.04 Å². The molecular formula is C23H24FN3O6. The quantitative estimate of drug-likeness (QED) is 0.524. The SMILES string of the molecule is O=C(COC(=O)c1ccccc1OCC(=O)Nc1ccccc1F)NC(=O)NC1CCCC1. The topological polar surface area (TPSA) is 123 Å². The molecule has 0 atom stereocenters. The summed E-state index contributed by atoms with van der Waals surface area (Å²) >= 11 is 0. The van der Waals surface area contributed by atoms with Crippen LogP contribution in [0.5, 0.6) is 5.75 Å². The van der Waals surface area contributed by atoms with Crippen LogP contribution in [0.4, 0.5) is 14.9 Å². The number of halogens is 1. The third-order valence-corrected chi connectivity index (χ3v) is 4.89. The maximum atomic E-state index is 13.6. The molecule has 1 aliphatic carbocycles. The van der Waals surface area contributed by atoms with Gasteiger partial charge in [-0.3, -0.25) is 14.9 Å². The fraction of sp³-hybridized carbons (Fsp3) is 0.304. The summed E-state index contributed by atoms with van der Waals surface area (Å²) in [5, 5.41) is 7.18. The van der Waals surface area contributed by atoms with Gasteiger partial charge in [0.2, 0.25) is 0 Å². The molecule has 174 valence electrons.